The molecule has 1 fully saturated rings. The van der Waals surface area contributed by atoms with E-state index in [1.54, 1.807) is 12.1 Å². The Morgan fingerprint density at radius 3 is 2.72 bits per heavy atom. The van der Waals surface area contributed by atoms with E-state index in [1.807, 2.05) is 0 Å². The summed E-state index contributed by atoms with van der Waals surface area (Å²) in [6.45, 7) is 0. The van der Waals surface area contributed by atoms with Crippen molar-refractivity contribution in [3.8, 4) is 11.5 Å². The number of carbonyl (C=O) groups is 1. The van der Waals surface area contributed by atoms with Gasteiger partial charge in [-0.2, -0.15) is 5.10 Å². The zero-order valence-corrected chi connectivity index (χ0v) is 13.7. The van der Waals surface area contributed by atoms with Gasteiger partial charge in [-0.15, -0.1) is 0 Å². The van der Waals surface area contributed by atoms with Crippen LogP contribution < -0.4 is 16.0 Å². The van der Waals surface area contributed by atoms with Crippen LogP contribution in [0.5, 0.6) is 11.5 Å². The number of ether oxygens (including phenoxy) is 1. The number of halogens is 1. The van der Waals surface area contributed by atoms with E-state index in [4.69, 9.17) is 10.5 Å². The standard InChI is InChI=1S/C18H20FN3O3/c19-14-7-3-4-8-16(14)25-13-10-17(23)22(21-11-13)15(18(20)24)9-12-5-1-2-6-12/h3-4,7-8,10-12,15H,1-2,5-6,9H2,(H2,20,24)/t15-/m1/s1. The van der Waals surface area contributed by atoms with Gasteiger partial charge < -0.3 is 10.5 Å². The Morgan fingerprint density at radius 1 is 1.36 bits per heavy atom. The molecule has 0 bridgehead atoms. The number of aromatic nitrogens is 2. The summed E-state index contributed by atoms with van der Waals surface area (Å²) < 4.78 is 20.1. The average molecular weight is 345 g/mol. The van der Waals surface area contributed by atoms with Crippen molar-refractivity contribution >= 4 is 5.91 Å². The lowest BCUT2D eigenvalue weighted by Gasteiger charge is -2.19. The molecule has 1 atom stereocenters. The van der Waals surface area contributed by atoms with Crippen LogP contribution in [-0.2, 0) is 4.79 Å². The minimum absolute atomic E-state index is 0.00106. The lowest BCUT2D eigenvalue weighted by Crippen LogP contribution is -2.36. The summed E-state index contributed by atoms with van der Waals surface area (Å²) in [5.74, 6) is -0.637. The second-order valence-electron chi connectivity index (χ2n) is 6.31. The molecule has 0 radical (unpaired) electrons. The molecule has 1 aliphatic carbocycles. The van der Waals surface area contributed by atoms with Crippen LogP contribution in [-0.4, -0.2) is 15.7 Å². The maximum absolute atomic E-state index is 13.6. The smallest absolute Gasteiger partial charge is 0.271 e. The number of hydrogen-bond acceptors (Lipinski definition) is 4. The van der Waals surface area contributed by atoms with Gasteiger partial charge in [-0.25, -0.2) is 9.07 Å². The van der Waals surface area contributed by atoms with Gasteiger partial charge in [-0.05, 0) is 24.5 Å². The number of nitrogens with two attached hydrogens (primary N) is 1. The van der Waals surface area contributed by atoms with Gasteiger partial charge >= 0.3 is 0 Å². The second-order valence-corrected chi connectivity index (χ2v) is 6.31. The van der Waals surface area contributed by atoms with E-state index < -0.39 is 23.3 Å². The van der Waals surface area contributed by atoms with Crippen molar-refractivity contribution in [2.24, 2.45) is 11.7 Å². The van der Waals surface area contributed by atoms with Gasteiger partial charge in [0.1, 0.15) is 6.04 Å². The number of para-hydroxylation sites is 1. The Kier molecular flexibility index (Phi) is 5.11. The minimum Gasteiger partial charge on any atom is -0.452 e. The molecule has 2 aromatic rings. The molecular formula is C18H20FN3O3. The third-order valence-electron chi connectivity index (χ3n) is 4.52. The van der Waals surface area contributed by atoms with Crippen LogP contribution in [0.4, 0.5) is 4.39 Å². The molecule has 0 unspecified atom stereocenters. The minimum atomic E-state index is -0.780. The van der Waals surface area contributed by atoms with Crippen molar-refractivity contribution in [3.63, 3.8) is 0 Å². The van der Waals surface area contributed by atoms with E-state index in [1.165, 1.54) is 24.4 Å². The molecule has 0 spiro atoms. The molecular weight excluding hydrogens is 325 g/mol. The van der Waals surface area contributed by atoms with E-state index >= 15 is 0 Å². The SMILES string of the molecule is NC(=O)[C@@H](CC1CCCC1)n1ncc(Oc2ccccc2F)cc1=O. The Morgan fingerprint density at radius 2 is 2.08 bits per heavy atom. The maximum atomic E-state index is 13.6. The second kappa shape index (κ2) is 7.46. The summed E-state index contributed by atoms with van der Waals surface area (Å²) in [6, 6.07) is 6.28. The van der Waals surface area contributed by atoms with E-state index in [0.29, 0.717) is 12.3 Å². The highest BCUT2D eigenvalue weighted by molar-refractivity contribution is 5.78. The quantitative estimate of drug-likeness (QED) is 0.872. The molecule has 0 aliphatic heterocycles. The monoisotopic (exact) mass is 345 g/mol. The zero-order chi connectivity index (χ0) is 17.8. The van der Waals surface area contributed by atoms with E-state index in [0.717, 1.165) is 30.4 Å². The number of amides is 1. The highest BCUT2D eigenvalue weighted by Crippen LogP contribution is 2.31. The van der Waals surface area contributed by atoms with Gasteiger partial charge in [0.15, 0.2) is 17.3 Å². The number of carbonyl (C=O) groups excluding carboxylic acids is 1. The molecule has 1 heterocycles. The highest BCUT2D eigenvalue weighted by Gasteiger charge is 2.26. The van der Waals surface area contributed by atoms with Gasteiger partial charge in [0.2, 0.25) is 5.91 Å². The summed E-state index contributed by atoms with van der Waals surface area (Å²) in [5, 5.41) is 4.02. The summed E-state index contributed by atoms with van der Waals surface area (Å²) >= 11 is 0. The Labute approximate surface area is 144 Å². The molecule has 1 amide bonds. The number of primary amides is 1. The third-order valence-corrected chi connectivity index (χ3v) is 4.52. The van der Waals surface area contributed by atoms with Gasteiger partial charge in [0.25, 0.3) is 5.56 Å². The molecule has 1 saturated carbocycles. The van der Waals surface area contributed by atoms with E-state index in [9.17, 15) is 14.0 Å². The maximum Gasteiger partial charge on any atom is 0.271 e. The van der Waals surface area contributed by atoms with Crippen LogP contribution in [0.15, 0.2) is 41.3 Å². The van der Waals surface area contributed by atoms with Crippen LogP contribution in [0.1, 0.15) is 38.1 Å². The van der Waals surface area contributed by atoms with Crippen LogP contribution in [0.25, 0.3) is 0 Å². The first kappa shape index (κ1) is 17.1. The Hall–Kier alpha value is -2.70. The first-order valence-corrected chi connectivity index (χ1v) is 8.35. The first-order valence-electron chi connectivity index (χ1n) is 8.35. The van der Waals surface area contributed by atoms with E-state index in [-0.39, 0.29) is 11.5 Å². The van der Waals surface area contributed by atoms with Gasteiger partial charge in [0, 0.05) is 6.07 Å². The normalized spacial score (nSPS) is 15.9. The van der Waals surface area contributed by atoms with Crippen molar-refractivity contribution in [1.29, 1.82) is 0 Å². The lowest BCUT2D eigenvalue weighted by molar-refractivity contribution is -0.122. The Bertz CT molecular complexity index is 815. The zero-order valence-electron chi connectivity index (χ0n) is 13.7. The summed E-state index contributed by atoms with van der Waals surface area (Å²) in [5.41, 5.74) is 4.97. The molecule has 6 nitrogen and oxygen atoms in total. The van der Waals surface area contributed by atoms with Crippen molar-refractivity contribution in [2.75, 3.05) is 0 Å². The molecule has 25 heavy (non-hydrogen) atoms. The molecule has 2 N–H and O–H groups in total. The lowest BCUT2D eigenvalue weighted by atomic mass is 9.98. The molecule has 1 aromatic carbocycles. The largest absolute Gasteiger partial charge is 0.452 e. The summed E-state index contributed by atoms with van der Waals surface area (Å²) in [6.07, 6.45) is 6.13. The number of rotatable bonds is 6. The fourth-order valence-electron chi connectivity index (χ4n) is 3.24. The predicted octanol–water partition coefficient (Wildman–Crippen LogP) is 2.78. The van der Waals surface area contributed by atoms with E-state index in [2.05, 4.69) is 5.10 Å². The summed E-state index contributed by atoms with van der Waals surface area (Å²) in [7, 11) is 0. The van der Waals surface area contributed by atoms with Crippen LogP contribution in [0.3, 0.4) is 0 Å². The number of benzene rings is 1. The average Bonchev–Trinajstić information content (AvgIpc) is 3.08. The first-order chi connectivity index (χ1) is 12.0. The number of hydrogen-bond donors (Lipinski definition) is 1. The molecule has 0 saturated heterocycles. The molecule has 3 rings (SSSR count). The third kappa shape index (κ3) is 4.04. The molecule has 1 aliphatic rings. The topological polar surface area (TPSA) is 87.2 Å². The molecule has 1 aromatic heterocycles. The molecule has 7 heteroatoms. The predicted molar refractivity (Wildman–Crippen MR) is 89.8 cm³/mol. The van der Waals surface area contributed by atoms with Gasteiger partial charge in [-0.1, -0.05) is 37.8 Å². The van der Waals surface area contributed by atoms with Gasteiger partial charge in [-0.3, -0.25) is 9.59 Å². The van der Waals surface area contributed by atoms with Crippen molar-refractivity contribution in [3.05, 3.63) is 52.7 Å². The Balaban J connectivity index is 1.81. The van der Waals surface area contributed by atoms with Crippen molar-refractivity contribution in [2.45, 2.75) is 38.1 Å². The number of nitrogens with zero attached hydrogens (tertiary/aromatic N) is 2. The van der Waals surface area contributed by atoms with Crippen molar-refractivity contribution < 1.29 is 13.9 Å². The fourth-order valence-corrected chi connectivity index (χ4v) is 3.24. The van der Waals surface area contributed by atoms with Crippen LogP contribution >= 0.6 is 0 Å². The summed E-state index contributed by atoms with van der Waals surface area (Å²) in [4.78, 5) is 24.2. The fraction of sp³-hybridized carbons (Fsp3) is 0.389. The van der Waals surface area contributed by atoms with Crippen molar-refractivity contribution in [1.82, 2.24) is 9.78 Å². The van der Waals surface area contributed by atoms with Gasteiger partial charge in [0.05, 0.1) is 6.20 Å². The van der Waals surface area contributed by atoms with Crippen LogP contribution in [0, 0.1) is 11.7 Å². The van der Waals surface area contributed by atoms with Crippen LogP contribution in [0.2, 0.25) is 0 Å². The molecule has 132 valence electrons. The highest BCUT2D eigenvalue weighted by atomic mass is 19.1.